The Hall–Kier alpha value is -0.820. The van der Waals surface area contributed by atoms with Crippen LogP contribution in [0.2, 0.25) is 0 Å². The van der Waals surface area contributed by atoms with E-state index in [9.17, 15) is 0 Å². The normalized spacial score (nSPS) is 13.4. The van der Waals surface area contributed by atoms with Crippen LogP contribution >= 0.6 is 0 Å². The Kier molecular flexibility index (Phi) is 8.03. The second-order valence-electron chi connectivity index (χ2n) is 7.02. The van der Waals surface area contributed by atoms with E-state index in [1.165, 1.54) is 43.2 Å². The quantitative estimate of drug-likeness (QED) is 0.529. The minimum atomic E-state index is 0.0424. The molecule has 0 heterocycles. The second-order valence-corrected chi connectivity index (χ2v) is 7.02. The van der Waals surface area contributed by atoms with Gasteiger partial charge in [-0.25, -0.2) is 0 Å². The minimum Gasteiger partial charge on any atom is -0.379 e. The van der Waals surface area contributed by atoms with Crippen LogP contribution in [0.15, 0.2) is 24.3 Å². The van der Waals surface area contributed by atoms with Gasteiger partial charge in [-0.2, -0.15) is 0 Å². The molecule has 0 radical (unpaired) electrons. The molecule has 0 aliphatic carbocycles. The van der Waals surface area contributed by atoms with Crippen LogP contribution in [-0.2, 0) is 17.6 Å². The van der Waals surface area contributed by atoms with Crippen molar-refractivity contribution in [2.75, 3.05) is 7.11 Å². The van der Waals surface area contributed by atoms with Crippen molar-refractivity contribution < 1.29 is 4.74 Å². The topological polar surface area (TPSA) is 9.23 Å². The van der Waals surface area contributed by atoms with E-state index < -0.39 is 0 Å². The summed E-state index contributed by atoms with van der Waals surface area (Å²) in [4.78, 5) is 0. The number of hydrogen-bond donors (Lipinski definition) is 0. The third-order valence-corrected chi connectivity index (χ3v) is 4.62. The molecule has 0 saturated heterocycles. The number of benzene rings is 1. The number of ether oxygens (including phenoxy) is 1. The van der Waals surface area contributed by atoms with Gasteiger partial charge in [-0.1, -0.05) is 57.4 Å². The van der Waals surface area contributed by atoms with E-state index in [0.29, 0.717) is 0 Å². The lowest BCUT2D eigenvalue weighted by atomic mass is 9.93. The standard InChI is InChI=1S/C20H34O/c1-6-18-12-14-19(15-13-18)11-7-9-17(2)10-8-16-20(3,4)21-5/h12-15,17H,6-11,16H2,1-5H3. The number of hydrogen-bond acceptors (Lipinski definition) is 1. The SMILES string of the molecule is CCc1ccc(CCCC(C)CCCC(C)(C)OC)cc1. The van der Waals surface area contributed by atoms with Gasteiger partial charge in [0.05, 0.1) is 5.60 Å². The van der Waals surface area contributed by atoms with Gasteiger partial charge in [0.25, 0.3) is 0 Å². The van der Waals surface area contributed by atoms with Crippen LogP contribution in [0.4, 0.5) is 0 Å². The summed E-state index contributed by atoms with van der Waals surface area (Å²) in [7, 11) is 1.81. The molecule has 0 aliphatic rings. The third-order valence-electron chi connectivity index (χ3n) is 4.62. The van der Waals surface area contributed by atoms with Gasteiger partial charge in [0.2, 0.25) is 0 Å². The summed E-state index contributed by atoms with van der Waals surface area (Å²) in [5.74, 6) is 0.826. The van der Waals surface area contributed by atoms with E-state index in [1.54, 1.807) is 0 Å². The van der Waals surface area contributed by atoms with Gasteiger partial charge in [0.1, 0.15) is 0 Å². The van der Waals surface area contributed by atoms with Crippen molar-refractivity contribution in [2.24, 2.45) is 5.92 Å². The predicted octanol–water partition coefficient (Wildman–Crippen LogP) is 5.80. The first-order valence-electron chi connectivity index (χ1n) is 8.60. The maximum Gasteiger partial charge on any atom is 0.0622 e. The van der Waals surface area contributed by atoms with E-state index in [4.69, 9.17) is 4.74 Å². The summed E-state index contributed by atoms with van der Waals surface area (Å²) in [5.41, 5.74) is 2.97. The molecule has 1 heteroatoms. The summed E-state index contributed by atoms with van der Waals surface area (Å²) < 4.78 is 5.48. The Morgan fingerprint density at radius 1 is 1.00 bits per heavy atom. The predicted molar refractivity (Wildman–Crippen MR) is 92.9 cm³/mol. The molecule has 0 saturated carbocycles. The summed E-state index contributed by atoms with van der Waals surface area (Å²) in [6, 6.07) is 9.13. The Balaban J connectivity index is 2.16. The maximum absolute atomic E-state index is 5.48. The van der Waals surface area contributed by atoms with E-state index >= 15 is 0 Å². The smallest absolute Gasteiger partial charge is 0.0622 e. The van der Waals surface area contributed by atoms with Crippen molar-refractivity contribution in [3.8, 4) is 0 Å². The Labute approximate surface area is 132 Å². The molecule has 0 spiro atoms. The summed E-state index contributed by atoms with van der Waals surface area (Å²) in [5, 5.41) is 0. The van der Waals surface area contributed by atoms with Crippen LogP contribution in [0.5, 0.6) is 0 Å². The molecule has 0 aliphatic heterocycles. The van der Waals surface area contributed by atoms with Gasteiger partial charge in [-0.05, 0) is 56.6 Å². The van der Waals surface area contributed by atoms with E-state index in [1.807, 2.05) is 7.11 Å². The highest BCUT2D eigenvalue weighted by atomic mass is 16.5. The van der Waals surface area contributed by atoms with Crippen LogP contribution in [0.25, 0.3) is 0 Å². The van der Waals surface area contributed by atoms with Crippen LogP contribution in [0.3, 0.4) is 0 Å². The Morgan fingerprint density at radius 2 is 1.57 bits per heavy atom. The molecule has 0 N–H and O–H groups in total. The zero-order valence-corrected chi connectivity index (χ0v) is 14.7. The van der Waals surface area contributed by atoms with Crippen molar-refractivity contribution in [1.82, 2.24) is 0 Å². The number of methoxy groups -OCH3 is 1. The molecule has 1 unspecified atom stereocenters. The molecule has 1 rings (SSSR count). The Morgan fingerprint density at radius 3 is 2.14 bits per heavy atom. The molecular weight excluding hydrogens is 256 g/mol. The molecule has 0 fully saturated rings. The zero-order valence-electron chi connectivity index (χ0n) is 14.7. The van der Waals surface area contributed by atoms with Crippen LogP contribution in [0.1, 0.15) is 70.9 Å². The lowest BCUT2D eigenvalue weighted by Crippen LogP contribution is -2.22. The molecule has 1 aromatic carbocycles. The minimum absolute atomic E-state index is 0.0424. The summed E-state index contributed by atoms with van der Waals surface area (Å²) in [6.45, 7) is 8.96. The first-order valence-corrected chi connectivity index (χ1v) is 8.60. The summed E-state index contributed by atoms with van der Waals surface area (Å²) >= 11 is 0. The molecule has 1 atom stereocenters. The first-order chi connectivity index (χ1) is 9.96. The van der Waals surface area contributed by atoms with Crippen molar-refractivity contribution in [3.63, 3.8) is 0 Å². The Bertz CT molecular complexity index is 377. The summed E-state index contributed by atoms with van der Waals surface area (Å²) in [6.07, 6.45) is 8.75. The fourth-order valence-corrected chi connectivity index (χ4v) is 2.72. The van der Waals surface area contributed by atoms with Crippen molar-refractivity contribution in [3.05, 3.63) is 35.4 Å². The average Bonchev–Trinajstić information content (AvgIpc) is 2.48. The highest BCUT2D eigenvalue weighted by Crippen LogP contribution is 2.21. The van der Waals surface area contributed by atoms with Gasteiger partial charge < -0.3 is 4.74 Å². The van der Waals surface area contributed by atoms with Gasteiger partial charge >= 0.3 is 0 Å². The van der Waals surface area contributed by atoms with E-state index in [0.717, 1.165) is 18.8 Å². The van der Waals surface area contributed by atoms with Crippen molar-refractivity contribution >= 4 is 0 Å². The van der Waals surface area contributed by atoms with Crippen molar-refractivity contribution in [2.45, 2.75) is 78.2 Å². The number of rotatable bonds is 10. The molecule has 120 valence electrons. The second kappa shape index (κ2) is 9.25. The third kappa shape index (κ3) is 7.66. The highest BCUT2D eigenvalue weighted by molar-refractivity contribution is 5.22. The molecule has 0 amide bonds. The largest absolute Gasteiger partial charge is 0.379 e. The van der Waals surface area contributed by atoms with Crippen LogP contribution in [-0.4, -0.2) is 12.7 Å². The lowest BCUT2D eigenvalue weighted by Gasteiger charge is -2.23. The highest BCUT2D eigenvalue weighted by Gasteiger charge is 2.16. The maximum atomic E-state index is 5.48. The molecular formula is C20H34O. The van der Waals surface area contributed by atoms with Crippen molar-refractivity contribution in [1.29, 1.82) is 0 Å². The van der Waals surface area contributed by atoms with E-state index in [-0.39, 0.29) is 5.60 Å². The van der Waals surface area contributed by atoms with Gasteiger partial charge in [0.15, 0.2) is 0 Å². The molecule has 1 aromatic rings. The van der Waals surface area contributed by atoms with Crippen LogP contribution in [0, 0.1) is 5.92 Å². The van der Waals surface area contributed by atoms with Gasteiger partial charge in [-0.3, -0.25) is 0 Å². The number of aryl methyl sites for hydroxylation is 2. The van der Waals surface area contributed by atoms with E-state index in [2.05, 4.69) is 52.0 Å². The van der Waals surface area contributed by atoms with Gasteiger partial charge in [-0.15, -0.1) is 0 Å². The molecule has 21 heavy (non-hydrogen) atoms. The molecule has 0 bridgehead atoms. The van der Waals surface area contributed by atoms with Gasteiger partial charge in [0, 0.05) is 7.11 Å². The first kappa shape index (κ1) is 18.2. The van der Waals surface area contributed by atoms with Crippen LogP contribution < -0.4 is 0 Å². The fourth-order valence-electron chi connectivity index (χ4n) is 2.72. The molecule has 1 nitrogen and oxygen atoms in total. The molecule has 0 aromatic heterocycles. The lowest BCUT2D eigenvalue weighted by molar-refractivity contribution is 0.0127. The fraction of sp³-hybridized carbons (Fsp3) is 0.700. The monoisotopic (exact) mass is 290 g/mol. The average molecular weight is 290 g/mol. The zero-order chi connectivity index (χ0) is 15.7.